The molecule has 0 N–H and O–H groups in total. The fourth-order valence-electron chi connectivity index (χ4n) is 2.38. The maximum absolute atomic E-state index is 12.4. The lowest BCUT2D eigenvalue weighted by Gasteiger charge is -2.28. The number of hydrogen-bond acceptors (Lipinski definition) is 6. The molecule has 23 heavy (non-hydrogen) atoms. The second-order valence-corrected chi connectivity index (χ2v) is 8.81. The maximum Gasteiger partial charge on any atom is 0.410 e. The lowest BCUT2D eigenvalue weighted by molar-refractivity contribution is 0.0241. The molecule has 9 heteroatoms. The number of hydrogen-bond donors (Lipinski definition) is 0. The molecule has 2 heterocycles. The Morgan fingerprint density at radius 1 is 1.39 bits per heavy atom. The number of carbonyl (C=O) groups excluding carboxylic acids is 1. The van der Waals surface area contributed by atoms with Crippen LogP contribution in [0.15, 0.2) is 17.2 Å². The van der Waals surface area contributed by atoms with Crippen molar-refractivity contribution in [3.8, 4) is 0 Å². The average Bonchev–Trinajstić information content (AvgIpc) is 2.84. The average molecular weight is 362 g/mol. The van der Waals surface area contributed by atoms with E-state index in [-0.39, 0.29) is 15.9 Å². The van der Waals surface area contributed by atoms with Crippen LogP contribution in [-0.4, -0.2) is 53.5 Å². The molecule has 1 amide bonds. The molecule has 0 spiro atoms. The number of ether oxygens (including phenoxy) is 1. The van der Waals surface area contributed by atoms with Crippen molar-refractivity contribution < 1.29 is 17.9 Å². The molecule has 0 radical (unpaired) electrons. The predicted molar refractivity (Wildman–Crippen MR) is 85.1 cm³/mol. The van der Waals surface area contributed by atoms with Gasteiger partial charge in [-0.2, -0.15) is 0 Å². The number of likely N-dealkylation sites (tertiary alicyclic amines) is 1. The second-order valence-electron chi connectivity index (χ2n) is 6.45. The highest BCUT2D eigenvalue weighted by Crippen LogP contribution is 2.23. The molecule has 0 aromatic carbocycles. The summed E-state index contributed by atoms with van der Waals surface area (Å²) in [6.45, 7) is 5.81. The van der Waals surface area contributed by atoms with Gasteiger partial charge >= 0.3 is 6.09 Å². The van der Waals surface area contributed by atoms with Gasteiger partial charge in [-0.15, -0.1) is 10.2 Å². The first kappa shape index (κ1) is 17.9. The van der Waals surface area contributed by atoms with Gasteiger partial charge in [-0.3, -0.25) is 0 Å². The number of carbonyl (C=O) groups is 1. The van der Waals surface area contributed by atoms with Gasteiger partial charge in [-0.05, 0) is 45.7 Å². The lowest BCUT2D eigenvalue weighted by atomic mass is 10.2. The molecule has 1 atom stereocenters. The van der Waals surface area contributed by atoms with Crippen molar-refractivity contribution in [1.82, 2.24) is 15.1 Å². The highest BCUT2D eigenvalue weighted by Gasteiger charge is 2.35. The quantitative estimate of drug-likeness (QED) is 0.820. The van der Waals surface area contributed by atoms with Gasteiger partial charge < -0.3 is 9.64 Å². The zero-order valence-electron chi connectivity index (χ0n) is 13.3. The second kappa shape index (κ2) is 6.60. The molecular weight excluding hydrogens is 342 g/mol. The van der Waals surface area contributed by atoms with Crippen LogP contribution in [0.1, 0.15) is 33.6 Å². The first-order chi connectivity index (χ1) is 10.6. The standard InChI is InChI=1S/C14H20ClN3O4S/c1-14(2,3)22-13(19)18-8-4-5-10(18)9-23(20,21)12-7-6-11(15)16-17-12/h6-7,10H,4-5,8-9H2,1-3H3/t10-/m0/s1. The molecule has 0 aliphatic carbocycles. The summed E-state index contributed by atoms with van der Waals surface area (Å²) in [6.07, 6.45) is 0.864. The van der Waals surface area contributed by atoms with E-state index in [2.05, 4.69) is 10.2 Å². The fraction of sp³-hybridized carbons (Fsp3) is 0.643. The van der Waals surface area contributed by atoms with Gasteiger partial charge in [-0.25, -0.2) is 13.2 Å². The summed E-state index contributed by atoms with van der Waals surface area (Å²) in [5.74, 6) is -0.206. The molecule has 1 saturated heterocycles. The Labute approximate surface area is 140 Å². The minimum atomic E-state index is -3.65. The molecule has 1 aromatic heterocycles. The van der Waals surface area contributed by atoms with Crippen molar-refractivity contribution in [2.75, 3.05) is 12.3 Å². The summed E-state index contributed by atoms with van der Waals surface area (Å²) in [5.41, 5.74) is -0.620. The molecule has 2 rings (SSSR count). The summed E-state index contributed by atoms with van der Waals surface area (Å²) < 4.78 is 30.2. The van der Waals surface area contributed by atoms with Crippen LogP contribution in [-0.2, 0) is 14.6 Å². The van der Waals surface area contributed by atoms with Gasteiger partial charge in [0.25, 0.3) is 0 Å². The summed E-state index contributed by atoms with van der Waals surface area (Å²) in [5, 5.41) is 7.15. The molecule has 128 valence electrons. The van der Waals surface area contributed by atoms with Crippen molar-refractivity contribution in [3.63, 3.8) is 0 Å². The molecule has 1 fully saturated rings. The number of nitrogens with zero attached hydrogens (tertiary/aromatic N) is 3. The van der Waals surface area contributed by atoms with E-state index in [1.165, 1.54) is 17.0 Å². The number of amides is 1. The van der Waals surface area contributed by atoms with Gasteiger partial charge in [0.1, 0.15) is 5.60 Å². The molecule has 1 aliphatic heterocycles. The Hall–Kier alpha value is -1.41. The Bertz CT molecular complexity index is 670. The SMILES string of the molecule is CC(C)(C)OC(=O)N1CCC[C@H]1CS(=O)(=O)c1ccc(Cl)nn1. The summed E-state index contributed by atoms with van der Waals surface area (Å²) in [6, 6.07) is 2.27. The van der Waals surface area contributed by atoms with Crippen molar-refractivity contribution in [1.29, 1.82) is 0 Å². The van der Waals surface area contributed by atoms with E-state index in [0.29, 0.717) is 13.0 Å². The number of halogens is 1. The van der Waals surface area contributed by atoms with Crippen LogP contribution in [0.4, 0.5) is 4.79 Å². The van der Waals surface area contributed by atoms with E-state index < -0.39 is 27.6 Å². The maximum atomic E-state index is 12.4. The van der Waals surface area contributed by atoms with Crippen LogP contribution in [0.3, 0.4) is 0 Å². The predicted octanol–water partition coefficient (Wildman–Crippen LogP) is 2.30. The molecule has 0 bridgehead atoms. The third-order valence-electron chi connectivity index (χ3n) is 3.34. The van der Waals surface area contributed by atoms with Crippen molar-refractivity contribution in [3.05, 3.63) is 17.3 Å². The van der Waals surface area contributed by atoms with Crippen molar-refractivity contribution >= 4 is 27.5 Å². The first-order valence-electron chi connectivity index (χ1n) is 7.30. The summed E-state index contributed by atoms with van der Waals surface area (Å²) in [7, 11) is -3.65. The van der Waals surface area contributed by atoms with E-state index in [9.17, 15) is 13.2 Å². The fourth-order valence-corrected chi connectivity index (χ4v) is 3.94. The third kappa shape index (κ3) is 4.78. The Balaban J connectivity index is 2.11. The number of sulfone groups is 1. The normalized spacial score (nSPS) is 19.0. The third-order valence-corrected chi connectivity index (χ3v) is 5.22. The Morgan fingerprint density at radius 2 is 2.09 bits per heavy atom. The minimum absolute atomic E-state index is 0.125. The van der Waals surface area contributed by atoms with Gasteiger partial charge in [0.15, 0.2) is 20.0 Å². The highest BCUT2D eigenvalue weighted by atomic mass is 35.5. The van der Waals surface area contributed by atoms with Gasteiger partial charge in [0, 0.05) is 12.6 Å². The number of rotatable bonds is 3. The van der Waals surface area contributed by atoms with Crippen LogP contribution in [0.2, 0.25) is 5.15 Å². The van der Waals surface area contributed by atoms with E-state index in [1.807, 2.05) is 0 Å². The topological polar surface area (TPSA) is 89.5 Å². The highest BCUT2D eigenvalue weighted by molar-refractivity contribution is 7.91. The molecule has 0 unspecified atom stereocenters. The monoisotopic (exact) mass is 361 g/mol. The van der Waals surface area contributed by atoms with Crippen LogP contribution in [0, 0.1) is 0 Å². The van der Waals surface area contributed by atoms with Crippen LogP contribution < -0.4 is 0 Å². The van der Waals surface area contributed by atoms with Crippen LogP contribution in [0.25, 0.3) is 0 Å². The van der Waals surface area contributed by atoms with E-state index in [0.717, 1.165) is 6.42 Å². The van der Waals surface area contributed by atoms with Crippen molar-refractivity contribution in [2.24, 2.45) is 0 Å². The van der Waals surface area contributed by atoms with Gasteiger partial charge in [-0.1, -0.05) is 11.6 Å². The smallest absolute Gasteiger partial charge is 0.410 e. The molecule has 0 saturated carbocycles. The molecule has 1 aromatic rings. The molecular formula is C14H20ClN3O4S. The molecule has 1 aliphatic rings. The summed E-state index contributed by atoms with van der Waals surface area (Å²) in [4.78, 5) is 13.7. The first-order valence-corrected chi connectivity index (χ1v) is 9.33. The minimum Gasteiger partial charge on any atom is -0.444 e. The van der Waals surface area contributed by atoms with Gasteiger partial charge in [0.05, 0.1) is 5.75 Å². The van der Waals surface area contributed by atoms with E-state index in [4.69, 9.17) is 16.3 Å². The zero-order chi connectivity index (χ0) is 17.3. The Morgan fingerprint density at radius 3 is 2.65 bits per heavy atom. The van der Waals surface area contributed by atoms with Crippen LogP contribution in [0.5, 0.6) is 0 Å². The Kier molecular flexibility index (Phi) is 5.15. The van der Waals surface area contributed by atoms with E-state index >= 15 is 0 Å². The number of aromatic nitrogens is 2. The van der Waals surface area contributed by atoms with Crippen molar-refractivity contribution in [2.45, 2.75) is 50.3 Å². The van der Waals surface area contributed by atoms with E-state index in [1.54, 1.807) is 20.8 Å². The van der Waals surface area contributed by atoms with Gasteiger partial charge in [0.2, 0.25) is 0 Å². The largest absolute Gasteiger partial charge is 0.444 e. The lowest BCUT2D eigenvalue weighted by Crippen LogP contribution is -2.42. The molecule has 7 nitrogen and oxygen atoms in total. The zero-order valence-corrected chi connectivity index (χ0v) is 14.9. The summed E-state index contributed by atoms with van der Waals surface area (Å²) >= 11 is 5.62. The van der Waals surface area contributed by atoms with Crippen LogP contribution >= 0.6 is 11.6 Å².